The molecule has 0 amide bonds. The van der Waals surface area contributed by atoms with Crippen molar-refractivity contribution in [1.82, 2.24) is 0 Å². The van der Waals surface area contributed by atoms with Crippen molar-refractivity contribution >= 4 is 0 Å². The Hall–Kier alpha value is -1.46. The highest BCUT2D eigenvalue weighted by Crippen LogP contribution is 2.17. The van der Waals surface area contributed by atoms with Gasteiger partial charge in [-0.3, -0.25) is 0 Å². The van der Waals surface area contributed by atoms with E-state index >= 15 is 0 Å². The molecule has 2 heteroatoms. The van der Waals surface area contributed by atoms with Crippen LogP contribution in [0.2, 0.25) is 0 Å². The van der Waals surface area contributed by atoms with Crippen molar-refractivity contribution in [1.29, 1.82) is 0 Å². The van der Waals surface area contributed by atoms with Gasteiger partial charge in [-0.25, -0.2) is 0 Å². The van der Waals surface area contributed by atoms with E-state index in [1.54, 1.807) is 6.92 Å². The second-order valence-electron chi connectivity index (χ2n) is 3.27. The Morgan fingerprint density at radius 3 is 2.53 bits per heavy atom. The third-order valence-electron chi connectivity index (χ3n) is 2.04. The van der Waals surface area contributed by atoms with E-state index in [9.17, 15) is 5.11 Å². The van der Waals surface area contributed by atoms with E-state index in [0.29, 0.717) is 6.61 Å². The van der Waals surface area contributed by atoms with Crippen LogP contribution < -0.4 is 4.74 Å². The first-order valence-electron chi connectivity index (χ1n) is 5.04. The fraction of sp³-hybridized carbons (Fsp3) is 0.385. The Morgan fingerprint density at radius 1 is 1.33 bits per heavy atom. The predicted molar refractivity (Wildman–Crippen MR) is 60.6 cm³/mol. The van der Waals surface area contributed by atoms with E-state index in [-0.39, 0.29) is 0 Å². The van der Waals surface area contributed by atoms with Crippen LogP contribution in [0.4, 0.5) is 0 Å². The first-order chi connectivity index (χ1) is 7.24. The maximum Gasteiger partial charge on any atom is 0.119 e. The maximum absolute atomic E-state index is 9.30. The second-order valence-corrected chi connectivity index (χ2v) is 3.27. The lowest BCUT2D eigenvalue weighted by Crippen LogP contribution is -1.96. The normalized spacial score (nSPS) is 11.4. The van der Waals surface area contributed by atoms with Crippen LogP contribution >= 0.6 is 0 Å². The third kappa shape index (κ3) is 4.05. The highest BCUT2D eigenvalue weighted by Gasteiger charge is 1.99. The zero-order valence-corrected chi connectivity index (χ0v) is 9.16. The fourth-order valence-corrected chi connectivity index (χ4v) is 1.19. The topological polar surface area (TPSA) is 29.5 Å². The van der Waals surface area contributed by atoms with Crippen molar-refractivity contribution in [3.8, 4) is 17.6 Å². The van der Waals surface area contributed by atoms with Gasteiger partial charge < -0.3 is 9.84 Å². The van der Waals surface area contributed by atoms with Crippen LogP contribution in [0.25, 0.3) is 0 Å². The van der Waals surface area contributed by atoms with Gasteiger partial charge in [-0.2, -0.15) is 0 Å². The van der Waals surface area contributed by atoms with Crippen molar-refractivity contribution < 1.29 is 9.84 Å². The highest BCUT2D eigenvalue weighted by molar-refractivity contribution is 5.28. The molecule has 1 aromatic rings. The van der Waals surface area contributed by atoms with E-state index in [1.807, 2.05) is 31.2 Å². The van der Waals surface area contributed by atoms with Crippen LogP contribution in [0.15, 0.2) is 24.3 Å². The first kappa shape index (κ1) is 11.6. The van der Waals surface area contributed by atoms with Crippen LogP contribution in [0.5, 0.6) is 5.75 Å². The Kier molecular flexibility index (Phi) is 4.73. The summed E-state index contributed by atoms with van der Waals surface area (Å²) in [7, 11) is 0. The largest absolute Gasteiger partial charge is 0.493 e. The van der Waals surface area contributed by atoms with Gasteiger partial charge >= 0.3 is 0 Å². The van der Waals surface area contributed by atoms with Crippen molar-refractivity contribution in [2.24, 2.45) is 0 Å². The molecular formula is C13H16O2. The Labute approximate surface area is 90.9 Å². The molecule has 0 bridgehead atoms. The van der Waals surface area contributed by atoms with Crippen molar-refractivity contribution in [2.45, 2.75) is 26.4 Å². The molecule has 0 aliphatic carbocycles. The molecule has 0 heterocycles. The smallest absolute Gasteiger partial charge is 0.119 e. The molecule has 1 unspecified atom stereocenters. The molecule has 1 atom stereocenters. The number of ether oxygens (including phenoxy) is 1. The van der Waals surface area contributed by atoms with Crippen LogP contribution in [0, 0.1) is 11.8 Å². The Balaban J connectivity index is 2.45. The molecule has 1 N–H and O–H groups in total. The van der Waals surface area contributed by atoms with Gasteiger partial charge in [-0.1, -0.05) is 12.1 Å². The molecule has 1 rings (SSSR count). The molecule has 15 heavy (non-hydrogen) atoms. The molecule has 0 fully saturated rings. The average Bonchev–Trinajstić information content (AvgIpc) is 2.25. The lowest BCUT2D eigenvalue weighted by Gasteiger charge is -2.07. The van der Waals surface area contributed by atoms with E-state index in [4.69, 9.17) is 4.74 Å². The highest BCUT2D eigenvalue weighted by atomic mass is 16.5. The predicted octanol–water partition coefficient (Wildman–Crippen LogP) is 2.53. The van der Waals surface area contributed by atoms with Crippen LogP contribution in [-0.2, 0) is 0 Å². The average molecular weight is 204 g/mol. The molecule has 0 aromatic heterocycles. The van der Waals surface area contributed by atoms with Gasteiger partial charge in [-0.05, 0) is 31.5 Å². The lowest BCUT2D eigenvalue weighted by atomic mass is 10.1. The van der Waals surface area contributed by atoms with Crippen molar-refractivity contribution in [2.75, 3.05) is 6.61 Å². The summed E-state index contributed by atoms with van der Waals surface area (Å²) >= 11 is 0. The summed E-state index contributed by atoms with van der Waals surface area (Å²) in [6.45, 7) is 4.17. The van der Waals surface area contributed by atoms with Gasteiger partial charge in [0.2, 0.25) is 0 Å². The lowest BCUT2D eigenvalue weighted by molar-refractivity contribution is 0.199. The minimum Gasteiger partial charge on any atom is -0.493 e. The summed E-state index contributed by atoms with van der Waals surface area (Å²) in [5, 5.41) is 9.30. The number of rotatable bonds is 4. The summed E-state index contributed by atoms with van der Waals surface area (Å²) in [4.78, 5) is 0. The molecular weight excluding hydrogens is 188 g/mol. The Bertz CT molecular complexity index is 341. The molecule has 0 aliphatic heterocycles. The van der Waals surface area contributed by atoms with Crippen molar-refractivity contribution in [3.63, 3.8) is 0 Å². The summed E-state index contributed by atoms with van der Waals surface area (Å²) < 4.78 is 5.46. The Morgan fingerprint density at radius 2 is 2.00 bits per heavy atom. The molecule has 0 saturated carbocycles. The van der Waals surface area contributed by atoms with Gasteiger partial charge in [0.25, 0.3) is 0 Å². The molecule has 1 aromatic carbocycles. The zero-order chi connectivity index (χ0) is 11.1. The minimum atomic E-state index is -0.426. The molecule has 0 saturated heterocycles. The number of aliphatic hydroxyl groups excluding tert-OH is 1. The van der Waals surface area contributed by atoms with E-state index in [1.165, 1.54) is 0 Å². The monoisotopic (exact) mass is 204 g/mol. The molecule has 2 nitrogen and oxygen atoms in total. The summed E-state index contributed by atoms with van der Waals surface area (Å²) in [6.07, 6.45) is 0.319. The molecule has 0 spiro atoms. The van der Waals surface area contributed by atoms with Crippen molar-refractivity contribution in [3.05, 3.63) is 29.8 Å². The van der Waals surface area contributed by atoms with E-state index in [2.05, 4.69) is 11.8 Å². The van der Waals surface area contributed by atoms with Crippen LogP contribution in [0.1, 0.15) is 31.9 Å². The maximum atomic E-state index is 9.30. The molecule has 0 radical (unpaired) electrons. The fourth-order valence-electron chi connectivity index (χ4n) is 1.19. The SMILES string of the molecule is CC#CCCOc1ccc(C(C)O)cc1. The van der Waals surface area contributed by atoms with Gasteiger partial charge in [0.05, 0.1) is 12.7 Å². The number of benzene rings is 1. The molecule has 0 aliphatic rings. The first-order valence-corrected chi connectivity index (χ1v) is 5.04. The summed E-state index contributed by atoms with van der Waals surface area (Å²) in [6, 6.07) is 7.46. The zero-order valence-electron chi connectivity index (χ0n) is 9.16. The van der Waals surface area contributed by atoms with Gasteiger partial charge in [0, 0.05) is 6.42 Å². The number of hydrogen-bond donors (Lipinski definition) is 1. The summed E-state index contributed by atoms with van der Waals surface area (Å²) in [5.41, 5.74) is 0.899. The van der Waals surface area contributed by atoms with Gasteiger partial charge in [0.1, 0.15) is 5.75 Å². The van der Waals surface area contributed by atoms with E-state index in [0.717, 1.165) is 17.7 Å². The standard InChI is InChI=1S/C13H16O2/c1-3-4-5-10-15-13-8-6-12(7-9-13)11(2)14/h6-9,11,14H,5,10H2,1-2H3. The number of aliphatic hydroxyl groups is 1. The third-order valence-corrected chi connectivity index (χ3v) is 2.04. The van der Waals surface area contributed by atoms with Crippen LogP contribution in [0.3, 0.4) is 0 Å². The van der Waals surface area contributed by atoms with E-state index < -0.39 is 6.10 Å². The summed E-state index contributed by atoms with van der Waals surface area (Å²) in [5.74, 6) is 6.57. The van der Waals surface area contributed by atoms with Gasteiger partial charge in [0.15, 0.2) is 0 Å². The quantitative estimate of drug-likeness (QED) is 0.603. The number of hydrogen-bond acceptors (Lipinski definition) is 2. The van der Waals surface area contributed by atoms with Crippen LogP contribution in [-0.4, -0.2) is 11.7 Å². The molecule has 80 valence electrons. The second kappa shape index (κ2) is 6.10. The minimum absolute atomic E-state index is 0.426. The van der Waals surface area contributed by atoms with Gasteiger partial charge in [-0.15, -0.1) is 11.8 Å².